The smallest absolute Gasteiger partial charge is 0.317 e. The molecule has 2 aromatic rings. The molecule has 2 amide bonds. The molecule has 2 fully saturated rings. The van der Waals surface area contributed by atoms with Gasteiger partial charge < -0.3 is 24.8 Å². The zero-order valence-corrected chi connectivity index (χ0v) is 19.8. The van der Waals surface area contributed by atoms with Gasteiger partial charge in [-0.2, -0.15) is 0 Å². The van der Waals surface area contributed by atoms with Crippen molar-refractivity contribution in [1.29, 1.82) is 0 Å². The molecule has 2 atom stereocenters. The van der Waals surface area contributed by atoms with Crippen molar-refractivity contribution in [2.24, 2.45) is 0 Å². The first-order valence-corrected chi connectivity index (χ1v) is 11.8. The minimum Gasteiger partial charge on any atom is -0.492 e. The van der Waals surface area contributed by atoms with Gasteiger partial charge in [-0.05, 0) is 53.8 Å². The maximum atomic E-state index is 11.6. The van der Waals surface area contributed by atoms with E-state index in [1.165, 1.54) is 11.1 Å². The molecule has 4 rings (SSSR count). The van der Waals surface area contributed by atoms with Gasteiger partial charge in [-0.3, -0.25) is 4.90 Å². The third kappa shape index (κ3) is 6.18. The Balaban J connectivity index is 1.26. The van der Waals surface area contributed by atoms with Crippen LogP contribution in [0.5, 0.6) is 11.5 Å². The molecule has 178 valence electrons. The Bertz CT molecular complexity index is 947. The van der Waals surface area contributed by atoms with Crippen molar-refractivity contribution in [2.45, 2.75) is 45.4 Å². The Morgan fingerprint density at radius 2 is 1.91 bits per heavy atom. The fourth-order valence-electron chi connectivity index (χ4n) is 4.38. The SMILES string of the molecule is Cc1cc(O[C@H]2CN(Cc3ccc(OCCN4CCNC4=O)cc3)C[C@@H]2O)cc(C(C)C)c1. The number of urea groups is 1. The largest absolute Gasteiger partial charge is 0.492 e. The lowest BCUT2D eigenvalue weighted by molar-refractivity contribution is 0.0736. The van der Waals surface area contributed by atoms with Crippen LogP contribution in [0.1, 0.15) is 36.5 Å². The van der Waals surface area contributed by atoms with Crippen LogP contribution in [0.3, 0.4) is 0 Å². The van der Waals surface area contributed by atoms with E-state index in [0.717, 1.165) is 30.2 Å². The van der Waals surface area contributed by atoms with E-state index in [9.17, 15) is 9.90 Å². The van der Waals surface area contributed by atoms with Crippen molar-refractivity contribution in [3.63, 3.8) is 0 Å². The summed E-state index contributed by atoms with van der Waals surface area (Å²) in [4.78, 5) is 15.5. The Morgan fingerprint density at radius 1 is 1.12 bits per heavy atom. The summed E-state index contributed by atoms with van der Waals surface area (Å²) in [7, 11) is 0. The number of hydrogen-bond donors (Lipinski definition) is 2. The van der Waals surface area contributed by atoms with Crippen molar-refractivity contribution in [2.75, 3.05) is 39.3 Å². The first kappa shape index (κ1) is 23.4. The monoisotopic (exact) mass is 453 g/mol. The van der Waals surface area contributed by atoms with Gasteiger partial charge >= 0.3 is 6.03 Å². The number of nitrogens with zero attached hydrogens (tertiary/aromatic N) is 2. The molecule has 0 radical (unpaired) electrons. The van der Waals surface area contributed by atoms with Crippen LogP contribution in [-0.2, 0) is 6.54 Å². The second-order valence-electron chi connectivity index (χ2n) is 9.36. The first-order valence-electron chi connectivity index (χ1n) is 11.8. The van der Waals surface area contributed by atoms with Crippen molar-refractivity contribution in [3.8, 4) is 11.5 Å². The summed E-state index contributed by atoms with van der Waals surface area (Å²) in [5.74, 6) is 2.06. The number of ether oxygens (including phenoxy) is 2. The summed E-state index contributed by atoms with van der Waals surface area (Å²) >= 11 is 0. The number of likely N-dealkylation sites (tertiary alicyclic amines) is 1. The van der Waals surface area contributed by atoms with E-state index in [4.69, 9.17) is 9.47 Å². The molecule has 0 spiro atoms. The highest BCUT2D eigenvalue weighted by atomic mass is 16.5. The number of aryl methyl sites for hydroxylation is 1. The van der Waals surface area contributed by atoms with Crippen LogP contribution in [0.4, 0.5) is 4.79 Å². The number of carbonyl (C=O) groups is 1. The minimum atomic E-state index is -0.515. The summed E-state index contributed by atoms with van der Waals surface area (Å²) in [6.45, 7) is 10.9. The molecular weight excluding hydrogens is 418 g/mol. The summed E-state index contributed by atoms with van der Waals surface area (Å²) in [5.41, 5.74) is 3.58. The van der Waals surface area contributed by atoms with Crippen LogP contribution in [0.15, 0.2) is 42.5 Å². The molecule has 0 aromatic heterocycles. The van der Waals surface area contributed by atoms with Crippen LogP contribution in [0.25, 0.3) is 0 Å². The number of aliphatic hydroxyl groups excluding tert-OH is 1. The van der Waals surface area contributed by atoms with Crippen molar-refractivity contribution in [1.82, 2.24) is 15.1 Å². The number of carbonyl (C=O) groups excluding carboxylic acids is 1. The molecule has 0 saturated carbocycles. The van der Waals surface area contributed by atoms with Gasteiger partial charge in [-0.15, -0.1) is 0 Å². The lowest BCUT2D eigenvalue weighted by Gasteiger charge is -2.19. The van der Waals surface area contributed by atoms with E-state index in [1.54, 1.807) is 4.90 Å². The Morgan fingerprint density at radius 3 is 2.61 bits per heavy atom. The van der Waals surface area contributed by atoms with E-state index in [2.05, 4.69) is 43.1 Å². The predicted molar refractivity (Wildman–Crippen MR) is 128 cm³/mol. The lowest BCUT2D eigenvalue weighted by atomic mass is 10.0. The van der Waals surface area contributed by atoms with Crippen LogP contribution >= 0.6 is 0 Å². The van der Waals surface area contributed by atoms with Gasteiger partial charge in [0.05, 0.1) is 6.54 Å². The molecule has 7 heteroatoms. The van der Waals surface area contributed by atoms with Crippen LogP contribution in [-0.4, -0.2) is 72.5 Å². The normalized spacial score (nSPS) is 21.0. The maximum absolute atomic E-state index is 11.6. The van der Waals surface area contributed by atoms with Crippen LogP contribution in [0.2, 0.25) is 0 Å². The molecule has 2 N–H and O–H groups in total. The number of amides is 2. The molecule has 2 aliphatic rings. The van der Waals surface area contributed by atoms with Gasteiger partial charge in [0.2, 0.25) is 0 Å². The molecule has 0 bridgehead atoms. The Hall–Kier alpha value is -2.77. The Labute approximate surface area is 196 Å². The quantitative estimate of drug-likeness (QED) is 0.610. The molecule has 2 aliphatic heterocycles. The van der Waals surface area contributed by atoms with E-state index in [0.29, 0.717) is 38.7 Å². The zero-order valence-electron chi connectivity index (χ0n) is 19.8. The first-order chi connectivity index (χ1) is 15.9. The number of benzene rings is 2. The van der Waals surface area contributed by atoms with Gasteiger partial charge in [-0.1, -0.05) is 32.0 Å². The van der Waals surface area contributed by atoms with E-state index in [-0.39, 0.29) is 12.1 Å². The second-order valence-corrected chi connectivity index (χ2v) is 9.36. The molecular formula is C26H35N3O4. The standard InChI is InChI=1S/C26H35N3O4/c1-18(2)21-12-19(3)13-23(14-21)33-25-17-28(16-24(25)30)15-20-4-6-22(7-5-20)32-11-10-29-9-8-27-26(29)31/h4-7,12-14,18,24-25,30H,8-11,15-17H2,1-3H3,(H,27,31)/t24-,25-/m0/s1. The predicted octanol–water partition coefficient (Wildman–Crippen LogP) is 3.15. The zero-order chi connectivity index (χ0) is 23.4. The highest BCUT2D eigenvalue weighted by Crippen LogP contribution is 2.26. The highest BCUT2D eigenvalue weighted by Gasteiger charge is 2.33. The lowest BCUT2D eigenvalue weighted by Crippen LogP contribution is -2.31. The second kappa shape index (κ2) is 10.4. The number of aliphatic hydroxyl groups is 1. The number of β-amino-alcohol motifs (C(OH)–C–C–N with tert-alkyl or cyclic N) is 1. The summed E-state index contributed by atoms with van der Waals surface area (Å²) in [6, 6.07) is 14.3. The molecule has 0 aliphatic carbocycles. The molecule has 2 saturated heterocycles. The van der Waals surface area contributed by atoms with E-state index < -0.39 is 6.10 Å². The number of nitrogens with one attached hydrogen (secondary N) is 1. The third-order valence-corrected chi connectivity index (χ3v) is 6.24. The van der Waals surface area contributed by atoms with Crippen molar-refractivity contribution < 1.29 is 19.4 Å². The average Bonchev–Trinajstić information content (AvgIpc) is 3.33. The van der Waals surface area contributed by atoms with Crippen LogP contribution in [0, 0.1) is 6.92 Å². The fraction of sp³-hybridized carbons (Fsp3) is 0.500. The molecule has 7 nitrogen and oxygen atoms in total. The third-order valence-electron chi connectivity index (χ3n) is 6.24. The average molecular weight is 454 g/mol. The molecule has 2 heterocycles. The van der Waals surface area contributed by atoms with Gasteiger partial charge in [0.25, 0.3) is 0 Å². The summed E-state index contributed by atoms with van der Waals surface area (Å²) < 4.78 is 12.0. The molecule has 33 heavy (non-hydrogen) atoms. The van der Waals surface area contributed by atoms with Crippen molar-refractivity contribution in [3.05, 3.63) is 59.2 Å². The van der Waals surface area contributed by atoms with Gasteiger partial charge in [0.1, 0.15) is 30.3 Å². The Kier molecular flexibility index (Phi) is 7.40. The number of rotatable bonds is 9. The van der Waals surface area contributed by atoms with Crippen molar-refractivity contribution >= 4 is 6.03 Å². The fourth-order valence-corrected chi connectivity index (χ4v) is 4.38. The van der Waals surface area contributed by atoms with Gasteiger partial charge in [0.15, 0.2) is 0 Å². The summed E-state index contributed by atoms with van der Waals surface area (Å²) in [5, 5.41) is 13.4. The molecule has 2 aromatic carbocycles. The highest BCUT2D eigenvalue weighted by molar-refractivity contribution is 5.76. The maximum Gasteiger partial charge on any atom is 0.317 e. The number of hydrogen-bond acceptors (Lipinski definition) is 5. The van der Waals surface area contributed by atoms with E-state index in [1.807, 2.05) is 30.3 Å². The van der Waals surface area contributed by atoms with Gasteiger partial charge in [-0.25, -0.2) is 4.79 Å². The summed E-state index contributed by atoms with van der Waals surface area (Å²) in [6.07, 6.45) is -0.754. The molecule has 0 unspecified atom stereocenters. The minimum absolute atomic E-state index is 0.0215. The van der Waals surface area contributed by atoms with E-state index >= 15 is 0 Å². The van der Waals surface area contributed by atoms with Crippen LogP contribution < -0.4 is 14.8 Å². The van der Waals surface area contributed by atoms with Gasteiger partial charge in [0, 0.05) is 32.7 Å². The topological polar surface area (TPSA) is 74.3 Å².